The molecule has 0 atom stereocenters. The Balaban J connectivity index is 1.21. The fourth-order valence-electron chi connectivity index (χ4n) is 5.73. The Morgan fingerprint density at radius 3 is 2.60 bits per heavy atom. The molecule has 8 nitrogen and oxygen atoms in total. The first kappa shape index (κ1) is 22.2. The molecule has 0 bridgehead atoms. The number of aromatic nitrogens is 2. The largest absolute Gasteiger partial charge is 0.507 e. The van der Waals surface area contributed by atoms with E-state index in [0.717, 1.165) is 55.7 Å². The number of anilines is 2. The molecule has 1 aromatic heterocycles. The first-order chi connectivity index (χ1) is 17.0. The zero-order valence-corrected chi connectivity index (χ0v) is 20.4. The molecule has 3 aliphatic rings. The molecule has 184 valence electrons. The van der Waals surface area contributed by atoms with E-state index in [1.807, 2.05) is 4.90 Å². The molecule has 1 saturated heterocycles. The topological polar surface area (TPSA) is 87.7 Å². The van der Waals surface area contributed by atoms with Crippen molar-refractivity contribution >= 4 is 28.3 Å². The van der Waals surface area contributed by atoms with E-state index >= 15 is 0 Å². The Labute approximate surface area is 205 Å². The van der Waals surface area contributed by atoms with Crippen LogP contribution >= 0.6 is 0 Å². The summed E-state index contributed by atoms with van der Waals surface area (Å²) in [6, 6.07) is 10.4. The van der Waals surface area contributed by atoms with E-state index in [9.17, 15) is 9.90 Å². The van der Waals surface area contributed by atoms with Gasteiger partial charge in [0.15, 0.2) is 5.82 Å². The third kappa shape index (κ3) is 4.31. The van der Waals surface area contributed by atoms with Crippen LogP contribution < -0.4 is 10.2 Å². The summed E-state index contributed by atoms with van der Waals surface area (Å²) in [5.74, 6) is 0.610. The Hall–Kier alpha value is -3.26. The van der Waals surface area contributed by atoms with Crippen LogP contribution in [0.3, 0.4) is 0 Å². The first-order valence-corrected chi connectivity index (χ1v) is 12.9. The van der Waals surface area contributed by atoms with Crippen molar-refractivity contribution in [1.29, 1.82) is 0 Å². The number of aromatic hydroxyl groups is 1. The summed E-state index contributed by atoms with van der Waals surface area (Å²) >= 11 is 0. The van der Waals surface area contributed by atoms with Crippen LogP contribution in [-0.4, -0.2) is 70.3 Å². The van der Waals surface area contributed by atoms with E-state index in [-0.39, 0.29) is 11.7 Å². The van der Waals surface area contributed by atoms with Crippen molar-refractivity contribution in [2.24, 2.45) is 0 Å². The number of hydrogen-bond acceptors (Lipinski definition) is 6. The minimum Gasteiger partial charge on any atom is -0.507 e. The predicted molar refractivity (Wildman–Crippen MR) is 138 cm³/mol. The van der Waals surface area contributed by atoms with Gasteiger partial charge in [0.25, 0.3) is 5.91 Å². The van der Waals surface area contributed by atoms with Gasteiger partial charge >= 0.3 is 0 Å². The van der Waals surface area contributed by atoms with Crippen molar-refractivity contribution in [3.05, 3.63) is 47.0 Å². The molecule has 3 heterocycles. The van der Waals surface area contributed by atoms with Crippen LogP contribution in [0.2, 0.25) is 0 Å². The number of phenols is 1. The van der Waals surface area contributed by atoms with Crippen molar-refractivity contribution in [3.63, 3.8) is 0 Å². The number of fused-ring (bicyclic) bond motifs is 2. The second-order valence-electron chi connectivity index (χ2n) is 10.4. The fourth-order valence-corrected chi connectivity index (χ4v) is 5.73. The number of likely N-dealkylation sites (N-methyl/N-ethyl adjacent to an activating group) is 1. The summed E-state index contributed by atoms with van der Waals surface area (Å²) in [4.78, 5) is 20.1. The lowest BCUT2D eigenvalue weighted by Crippen LogP contribution is -2.44. The van der Waals surface area contributed by atoms with Gasteiger partial charge in [0.2, 0.25) is 0 Å². The molecule has 0 unspecified atom stereocenters. The molecular formula is C27H34N6O2. The number of rotatable bonds is 4. The summed E-state index contributed by atoms with van der Waals surface area (Å²) in [5, 5.41) is 22.5. The van der Waals surface area contributed by atoms with Gasteiger partial charge < -0.3 is 25.1 Å². The number of benzene rings is 2. The lowest BCUT2D eigenvalue weighted by molar-refractivity contribution is 0.0748. The molecule has 2 aliphatic heterocycles. The molecule has 3 N–H and O–H groups in total. The Morgan fingerprint density at radius 1 is 1.03 bits per heavy atom. The van der Waals surface area contributed by atoms with Gasteiger partial charge in [0.05, 0.1) is 11.1 Å². The maximum atomic E-state index is 13.5. The number of amides is 1. The minimum atomic E-state index is -0.147. The standard InChI is InChI=1S/C27H34N6O2/c1-31-9-11-32(12-10-31)21-8-7-18-16-33(17-19(18)13-21)27(35)23-14-22-24(15-25(23)34)29-30-26(22)28-20-5-3-2-4-6-20/h7-8,13-15,20,34H,2-6,9-12,16-17H2,1H3,(H2,28,29,30). The highest BCUT2D eigenvalue weighted by Gasteiger charge is 2.28. The van der Waals surface area contributed by atoms with Crippen LogP contribution in [0.4, 0.5) is 11.5 Å². The SMILES string of the molecule is CN1CCN(c2ccc3c(c2)CN(C(=O)c2cc4c(NC5CCCCC5)n[nH]c4cc2O)C3)CC1. The van der Waals surface area contributed by atoms with Crippen LogP contribution in [-0.2, 0) is 13.1 Å². The van der Waals surface area contributed by atoms with E-state index in [1.54, 1.807) is 12.1 Å². The van der Waals surface area contributed by atoms with Gasteiger partial charge in [-0.15, -0.1) is 0 Å². The highest BCUT2D eigenvalue weighted by atomic mass is 16.3. The Morgan fingerprint density at radius 2 is 1.80 bits per heavy atom. The maximum absolute atomic E-state index is 13.5. The number of aromatic amines is 1. The molecule has 2 aromatic carbocycles. The van der Waals surface area contributed by atoms with Gasteiger partial charge in [-0.1, -0.05) is 25.3 Å². The average molecular weight is 475 g/mol. The van der Waals surface area contributed by atoms with Gasteiger partial charge in [0, 0.05) is 62.5 Å². The highest BCUT2D eigenvalue weighted by molar-refractivity contribution is 6.03. The number of H-pyrrole nitrogens is 1. The molecule has 6 rings (SSSR count). The van der Waals surface area contributed by atoms with Crippen molar-refractivity contribution in [2.45, 2.75) is 51.2 Å². The van der Waals surface area contributed by atoms with E-state index in [2.05, 4.69) is 50.6 Å². The summed E-state index contributed by atoms with van der Waals surface area (Å²) < 4.78 is 0. The van der Waals surface area contributed by atoms with Crippen molar-refractivity contribution in [3.8, 4) is 5.75 Å². The lowest BCUT2D eigenvalue weighted by Gasteiger charge is -2.34. The Kier molecular flexibility index (Phi) is 5.76. The molecule has 35 heavy (non-hydrogen) atoms. The first-order valence-electron chi connectivity index (χ1n) is 12.9. The molecule has 2 fully saturated rings. The van der Waals surface area contributed by atoms with Gasteiger partial charge in [-0.25, -0.2) is 0 Å². The number of carbonyl (C=O) groups excluding carboxylic acids is 1. The molecule has 0 spiro atoms. The van der Waals surface area contributed by atoms with Crippen molar-refractivity contribution in [2.75, 3.05) is 43.4 Å². The fraction of sp³-hybridized carbons (Fsp3) is 0.481. The van der Waals surface area contributed by atoms with Crippen LogP contribution in [0, 0.1) is 0 Å². The lowest BCUT2D eigenvalue weighted by atomic mass is 9.95. The second-order valence-corrected chi connectivity index (χ2v) is 10.4. The summed E-state index contributed by atoms with van der Waals surface area (Å²) in [6.07, 6.45) is 6.04. The van der Waals surface area contributed by atoms with Gasteiger partial charge in [-0.05, 0) is 49.2 Å². The number of hydrogen-bond donors (Lipinski definition) is 3. The van der Waals surface area contributed by atoms with Crippen molar-refractivity contribution < 1.29 is 9.90 Å². The molecule has 1 saturated carbocycles. The monoisotopic (exact) mass is 474 g/mol. The quantitative estimate of drug-likeness (QED) is 0.531. The highest BCUT2D eigenvalue weighted by Crippen LogP contribution is 2.34. The number of nitrogens with zero attached hydrogens (tertiary/aromatic N) is 4. The molecular weight excluding hydrogens is 440 g/mol. The van der Waals surface area contributed by atoms with E-state index < -0.39 is 0 Å². The van der Waals surface area contributed by atoms with E-state index in [1.165, 1.54) is 36.1 Å². The number of phenolic OH excluding ortho intramolecular Hbond substituents is 1. The molecule has 0 radical (unpaired) electrons. The number of carbonyl (C=O) groups is 1. The average Bonchev–Trinajstić information content (AvgIpc) is 3.47. The summed E-state index contributed by atoms with van der Waals surface area (Å²) in [6.45, 7) is 5.30. The summed E-state index contributed by atoms with van der Waals surface area (Å²) in [7, 11) is 2.16. The molecule has 3 aromatic rings. The van der Waals surface area contributed by atoms with Crippen LogP contribution in [0.25, 0.3) is 10.9 Å². The summed E-state index contributed by atoms with van der Waals surface area (Å²) in [5.41, 5.74) is 4.67. The minimum absolute atomic E-state index is 0.00977. The number of nitrogens with one attached hydrogen (secondary N) is 2. The molecule has 8 heteroatoms. The predicted octanol–water partition coefficient (Wildman–Crippen LogP) is 3.92. The maximum Gasteiger partial charge on any atom is 0.258 e. The van der Waals surface area contributed by atoms with Crippen LogP contribution in [0.5, 0.6) is 5.75 Å². The van der Waals surface area contributed by atoms with Crippen LogP contribution in [0.1, 0.15) is 53.6 Å². The molecule has 1 amide bonds. The Bertz CT molecular complexity index is 1240. The van der Waals surface area contributed by atoms with Gasteiger partial charge in [0.1, 0.15) is 5.75 Å². The van der Waals surface area contributed by atoms with Crippen LogP contribution in [0.15, 0.2) is 30.3 Å². The van der Waals surface area contributed by atoms with Gasteiger partial charge in [-0.3, -0.25) is 9.89 Å². The van der Waals surface area contributed by atoms with Crippen molar-refractivity contribution in [1.82, 2.24) is 20.0 Å². The molecule has 1 aliphatic carbocycles. The third-order valence-electron chi connectivity index (χ3n) is 7.92. The third-order valence-corrected chi connectivity index (χ3v) is 7.92. The van der Waals surface area contributed by atoms with E-state index in [0.29, 0.717) is 24.7 Å². The normalized spacial score (nSPS) is 19.3. The zero-order valence-electron chi connectivity index (χ0n) is 20.4. The van der Waals surface area contributed by atoms with Gasteiger partial charge in [-0.2, -0.15) is 5.10 Å². The second kappa shape index (κ2) is 9.07. The number of piperazine rings is 1. The zero-order chi connectivity index (χ0) is 23.9. The van der Waals surface area contributed by atoms with E-state index in [4.69, 9.17) is 0 Å². The smallest absolute Gasteiger partial charge is 0.258 e.